The molecule has 0 fully saturated rings. The molecule has 0 aliphatic rings. The summed E-state index contributed by atoms with van der Waals surface area (Å²) in [6.07, 6.45) is 0.974. The van der Waals surface area contributed by atoms with Gasteiger partial charge in [0.05, 0.1) is 6.10 Å². The number of nitrogen functional groups attached to an aromatic ring is 1. The highest BCUT2D eigenvalue weighted by molar-refractivity contribution is 5.40. The van der Waals surface area contributed by atoms with Crippen LogP contribution in [0, 0.1) is 11.8 Å². The Kier molecular flexibility index (Phi) is 4.05. The van der Waals surface area contributed by atoms with Crippen molar-refractivity contribution in [1.29, 1.82) is 0 Å². The Balaban J connectivity index is 2.92. The molecule has 1 aromatic heterocycles. The summed E-state index contributed by atoms with van der Waals surface area (Å²) in [5.41, 5.74) is 12.0. The number of rotatable bonds is 4. The van der Waals surface area contributed by atoms with E-state index in [1.54, 1.807) is 18.3 Å². The molecule has 2 unspecified atom stereocenters. The third kappa shape index (κ3) is 2.67. The van der Waals surface area contributed by atoms with Gasteiger partial charge in [0.15, 0.2) is 0 Å². The van der Waals surface area contributed by atoms with E-state index < -0.39 is 6.10 Å². The summed E-state index contributed by atoms with van der Waals surface area (Å²) in [5, 5.41) is 10.1. The van der Waals surface area contributed by atoms with E-state index in [4.69, 9.17) is 11.5 Å². The van der Waals surface area contributed by atoms with Gasteiger partial charge in [-0.3, -0.25) is 0 Å². The molecule has 0 aliphatic carbocycles. The minimum atomic E-state index is -0.635. The molecule has 15 heavy (non-hydrogen) atoms. The fourth-order valence-corrected chi connectivity index (χ4v) is 1.68. The third-order valence-corrected chi connectivity index (χ3v) is 2.72. The summed E-state index contributed by atoms with van der Waals surface area (Å²) < 4.78 is 0. The number of hydrogen-bond donors (Lipinski definition) is 3. The van der Waals surface area contributed by atoms with Gasteiger partial charge in [0.25, 0.3) is 0 Å². The second-order valence-electron chi connectivity index (χ2n) is 4.07. The smallest absolute Gasteiger partial charge is 0.129 e. The molecule has 0 amide bonds. The lowest BCUT2D eigenvalue weighted by atomic mass is 9.87. The van der Waals surface area contributed by atoms with Gasteiger partial charge >= 0.3 is 0 Å². The van der Waals surface area contributed by atoms with Gasteiger partial charge in [0.1, 0.15) is 5.82 Å². The van der Waals surface area contributed by atoms with Crippen LogP contribution in [-0.2, 0) is 0 Å². The van der Waals surface area contributed by atoms with Gasteiger partial charge in [0, 0.05) is 17.7 Å². The molecule has 1 heterocycles. The number of aromatic nitrogens is 1. The van der Waals surface area contributed by atoms with E-state index in [1.807, 2.05) is 13.8 Å². The van der Waals surface area contributed by atoms with Crippen LogP contribution in [0.15, 0.2) is 18.3 Å². The molecule has 0 aliphatic heterocycles. The highest BCUT2D eigenvalue weighted by Gasteiger charge is 2.24. The van der Waals surface area contributed by atoms with Crippen molar-refractivity contribution < 1.29 is 5.11 Å². The van der Waals surface area contributed by atoms with E-state index in [2.05, 4.69) is 4.98 Å². The summed E-state index contributed by atoms with van der Waals surface area (Å²) in [4.78, 5) is 3.95. The van der Waals surface area contributed by atoms with Gasteiger partial charge in [-0.05, 0) is 18.5 Å². The fraction of sp³-hybridized carbons (Fsp3) is 0.545. The van der Waals surface area contributed by atoms with Crippen molar-refractivity contribution in [3.05, 3.63) is 23.9 Å². The van der Waals surface area contributed by atoms with Crippen molar-refractivity contribution in [2.45, 2.75) is 20.0 Å². The van der Waals surface area contributed by atoms with Crippen LogP contribution in [0.5, 0.6) is 0 Å². The largest absolute Gasteiger partial charge is 0.388 e. The number of aliphatic hydroxyl groups is 1. The van der Waals surface area contributed by atoms with E-state index in [9.17, 15) is 5.11 Å². The molecule has 1 rings (SSSR count). The normalized spacial score (nSPS) is 15.3. The Morgan fingerprint density at radius 1 is 1.47 bits per heavy atom. The monoisotopic (exact) mass is 209 g/mol. The third-order valence-electron chi connectivity index (χ3n) is 2.72. The maximum absolute atomic E-state index is 10.1. The molecule has 4 heteroatoms. The zero-order valence-corrected chi connectivity index (χ0v) is 9.22. The summed E-state index contributed by atoms with van der Waals surface area (Å²) in [6.45, 7) is 4.51. The Hall–Kier alpha value is -1.13. The molecule has 0 radical (unpaired) electrons. The molecule has 0 saturated carbocycles. The molecule has 4 nitrogen and oxygen atoms in total. The van der Waals surface area contributed by atoms with E-state index in [1.165, 1.54) is 0 Å². The minimum absolute atomic E-state index is 0.0106. The van der Waals surface area contributed by atoms with Gasteiger partial charge < -0.3 is 16.6 Å². The Bertz CT molecular complexity index is 314. The van der Waals surface area contributed by atoms with Crippen LogP contribution in [0.4, 0.5) is 5.82 Å². The number of nitrogens with two attached hydrogens (primary N) is 2. The number of nitrogens with zero attached hydrogens (tertiary/aromatic N) is 1. The number of aliphatic hydroxyl groups excluding tert-OH is 1. The SMILES string of the molecule is CC(C)C(CN)C(O)c1cccnc1N. The lowest BCUT2D eigenvalue weighted by molar-refractivity contribution is 0.0865. The lowest BCUT2D eigenvalue weighted by Crippen LogP contribution is -2.27. The van der Waals surface area contributed by atoms with E-state index in [0.717, 1.165) is 0 Å². The summed E-state index contributed by atoms with van der Waals surface area (Å²) in [6, 6.07) is 3.56. The summed E-state index contributed by atoms with van der Waals surface area (Å²) in [5.74, 6) is 0.699. The molecular weight excluding hydrogens is 190 g/mol. The Morgan fingerprint density at radius 2 is 2.13 bits per heavy atom. The first-order valence-corrected chi connectivity index (χ1v) is 5.16. The highest BCUT2D eigenvalue weighted by Crippen LogP contribution is 2.29. The second kappa shape index (κ2) is 5.09. The van der Waals surface area contributed by atoms with Crippen LogP contribution in [0.25, 0.3) is 0 Å². The van der Waals surface area contributed by atoms with Crippen molar-refractivity contribution in [1.82, 2.24) is 4.98 Å². The quantitative estimate of drug-likeness (QED) is 0.688. The molecular formula is C11H19N3O. The average molecular weight is 209 g/mol. The first-order valence-electron chi connectivity index (χ1n) is 5.16. The molecule has 2 atom stereocenters. The van der Waals surface area contributed by atoms with Gasteiger partial charge in [-0.2, -0.15) is 0 Å². The zero-order chi connectivity index (χ0) is 11.4. The molecule has 0 saturated heterocycles. The molecule has 5 N–H and O–H groups in total. The Labute approximate surface area is 90.3 Å². The van der Waals surface area contributed by atoms with Crippen LogP contribution in [0.1, 0.15) is 25.5 Å². The molecule has 0 bridgehead atoms. The van der Waals surface area contributed by atoms with Gasteiger partial charge in [-0.25, -0.2) is 4.98 Å². The Morgan fingerprint density at radius 3 is 2.60 bits per heavy atom. The lowest BCUT2D eigenvalue weighted by Gasteiger charge is -2.25. The molecule has 0 aromatic carbocycles. The van der Waals surface area contributed by atoms with Crippen LogP contribution >= 0.6 is 0 Å². The predicted molar refractivity (Wildman–Crippen MR) is 61.0 cm³/mol. The average Bonchev–Trinajstić information content (AvgIpc) is 2.18. The highest BCUT2D eigenvalue weighted by atomic mass is 16.3. The minimum Gasteiger partial charge on any atom is -0.388 e. The second-order valence-corrected chi connectivity index (χ2v) is 4.07. The molecule has 0 spiro atoms. The summed E-state index contributed by atoms with van der Waals surface area (Å²) >= 11 is 0. The standard InChI is InChI=1S/C11H19N3O/c1-7(2)9(6-12)10(15)8-4-3-5-14-11(8)13/h3-5,7,9-10,15H,6,12H2,1-2H3,(H2,13,14). The van der Waals surface area contributed by atoms with Crippen molar-refractivity contribution in [2.24, 2.45) is 17.6 Å². The van der Waals surface area contributed by atoms with Crippen LogP contribution in [-0.4, -0.2) is 16.6 Å². The summed E-state index contributed by atoms with van der Waals surface area (Å²) in [7, 11) is 0. The van der Waals surface area contributed by atoms with E-state index in [-0.39, 0.29) is 5.92 Å². The maximum atomic E-state index is 10.1. The van der Waals surface area contributed by atoms with Crippen LogP contribution in [0.3, 0.4) is 0 Å². The number of hydrogen-bond acceptors (Lipinski definition) is 4. The first kappa shape index (κ1) is 11.9. The molecule has 84 valence electrons. The van der Waals surface area contributed by atoms with E-state index in [0.29, 0.717) is 23.8 Å². The van der Waals surface area contributed by atoms with E-state index >= 15 is 0 Å². The first-order chi connectivity index (χ1) is 7.07. The van der Waals surface area contributed by atoms with Crippen molar-refractivity contribution in [2.75, 3.05) is 12.3 Å². The van der Waals surface area contributed by atoms with Crippen molar-refractivity contribution >= 4 is 5.82 Å². The predicted octanol–water partition coefficient (Wildman–Crippen LogP) is 0.928. The maximum Gasteiger partial charge on any atom is 0.129 e. The number of anilines is 1. The van der Waals surface area contributed by atoms with Crippen molar-refractivity contribution in [3.8, 4) is 0 Å². The van der Waals surface area contributed by atoms with Gasteiger partial charge in [-0.1, -0.05) is 19.9 Å². The topological polar surface area (TPSA) is 85.2 Å². The van der Waals surface area contributed by atoms with Crippen molar-refractivity contribution in [3.63, 3.8) is 0 Å². The van der Waals surface area contributed by atoms with Gasteiger partial charge in [0.2, 0.25) is 0 Å². The number of pyridine rings is 1. The fourth-order valence-electron chi connectivity index (χ4n) is 1.68. The van der Waals surface area contributed by atoms with Crippen LogP contribution < -0.4 is 11.5 Å². The van der Waals surface area contributed by atoms with Gasteiger partial charge in [-0.15, -0.1) is 0 Å². The van der Waals surface area contributed by atoms with Crippen LogP contribution in [0.2, 0.25) is 0 Å². The molecule has 1 aromatic rings. The zero-order valence-electron chi connectivity index (χ0n) is 9.22.